The van der Waals surface area contributed by atoms with E-state index in [9.17, 15) is 0 Å². The van der Waals surface area contributed by atoms with Crippen molar-refractivity contribution in [2.45, 2.75) is 24.7 Å². The molecule has 0 amide bonds. The van der Waals surface area contributed by atoms with Gasteiger partial charge in [0.1, 0.15) is 0 Å². The van der Waals surface area contributed by atoms with Crippen molar-refractivity contribution >= 4 is 27.3 Å². The number of benzene rings is 1. The average molecular weight is 322 g/mol. The van der Waals surface area contributed by atoms with E-state index in [-0.39, 0.29) is 0 Å². The summed E-state index contributed by atoms with van der Waals surface area (Å²) < 4.78 is 1.18. The summed E-state index contributed by atoms with van der Waals surface area (Å²) >= 11 is 5.30. The van der Waals surface area contributed by atoms with Gasteiger partial charge in [-0.3, -0.25) is 0 Å². The number of halogens is 1. The lowest BCUT2D eigenvalue weighted by Gasteiger charge is -2.13. The van der Waals surface area contributed by atoms with E-state index in [0.717, 1.165) is 13.0 Å². The van der Waals surface area contributed by atoms with Crippen LogP contribution in [0.25, 0.3) is 0 Å². The van der Waals surface area contributed by atoms with Crippen LogP contribution in [0.15, 0.2) is 40.2 Å². The summed E-state index contributed by atoms with van der Waals surface area (Å²) in [6, 6.07) is 11.2. The van der Waals surface area contributed by atoms with Crippen LogP contribution in [0.5, 0.6) is 0 Å². The molecule has 0 unspecified atom stereocenters. The largest absolute Gasteiger partial charge is 0.330 e. The van der Waals surface area contributed by atoms with Crippen LogP contribution in [0.2, 0.25) is 0 Å². The van der Waals surface area contributed by atoms with Crippen LogP contribution < -0.4 is 5.73 Å². The first-order valence-corrected chi connectivity index (χ1v) is 7.91. The molecule has 0 atom stereocenters. The first-order chi connectivity index (χ1) is 8.72. The Morgan fingerprint density at radius 3 is 2.44 bits per heavy atom. The van der Waals surface area contributed by atoms with E-state index in [1.807, 2.05) is 0 Å². The average Bonchev–Trinajstić information content (AvgIpc) is 3.09. The molecule has 0 radical (unpaired) electrons. The molecule has 1 heterocycles. The summed E-state index contributed by atoms with van der Waals surface area (Å²) in [6.45, 7) is 0.782. The molecule has 0 aliphatic heterocycles. The molecule has 3 heteroatoms. The Bertz CT molecular complexity index is 540. The first kappa shape index (κ1) is 12.4. The lowest BCUT2D eigenvalue weighted by Crippen LogP contribution is -2.19. The summed E-state index contributed by atoms with van der Waals surface area (Å²) in [7, 11) is 0. The number of nitrogens with two attached hydrogens (primary N) is 1. The number of hydrogen-bond donors (Lipinski definition) is 1. The SMILES string of the molecule is NCC1(c2ccc(Cc3cc(Br)cs3)cc2)CC1. The van der Waals surface area contributed by atoms with E-state index in [4.69, 9.17) is 5.73 Å². The van der Waals surface area contributed by atoms with Gasteiger partial charge in [0.15, 0.2) is 0 Å². The van der Waals surface area contributed by atoms with E-state index in [2.05, 4.69) is 51.6 Å². The lowest BCUT2D eigenvalue weighted by atomic mass is 9.95. The van der Waals surface area contributed by atoms with Crippen molar-refractivity contribution in [2.24, 2.45) is 5.73 Å². The molecular weight excluding hydrogens is 306 g/mol. The predicted molar refractivity (Wildman–Crippen MR) is 81.2 cm³/mol. The molecule has 94 valence electrons. The van der Waals surface area contributed by atoms with Crippen molar-refractivity contribution in [2.75, 3.05) is 6.54 Å². The normalized spacial score (nSPS) is 16.8. The second kappa shape index (κ2) is 4.80. The highest BCUT2D eigenvalue weighted by Crippen LogP contribution is 2.47. The van der Waals surface area contributed by atoms with Gasteiger partial charge in [0, 0.05) is 33.1 Å². The Morgan fingerprint density at radius 2 is 1.94 bits per heavy atom. The summed E-state index contributed by atoms with van der Waals surface area (Å²) in [5.74, 6) is 0. The van der Waals surface area contributed by atoms with Crippen molar-refractivity contribution < 1.29 is 0 Å². The zero-order valence-electron chi connectivity index (χ0n) is 10.2. The Morgan fingerprint density at radius 1 is 1.22 bits per heavy atom. The van der Waals surface area contributed by atoms with Crippen LogP contribution in [0.4, 0.5) is 0 Å². The van der Waals surface area contributed by atoms with Gasteiger partial charge in [-0.1, -0.05) is 24.3 Å². The molecule has 0 bridgehead atoms. The van der Waals surface area contributed by atoms with Crippen molar-refractivity contribution in [1.29, 1.82) is 0 Å². The van der Waals surface area contributed by atoms with E-state index in [1.54, 1.807) is 11.3 Å². The maximum absolute atomic E-state index is 5.86. The van der Waals surface area contributed by atoms with Crippen LogP contribution >= 0.6 is 27.3 Å². The van der Waals surface area contributed by atoms with Crippen LogP contribution in [0.3, 0.4) is 0 Å². The third-order valence-electron chi connectivity index (χ3n) is 3.81. The zero-order valence-corrected chi connectivity index (χ0v) is 12.6. The maximum atomic E-state index is 5.86. The molecule has 2 aromatic rings. The molecule has 1 fully saturated rings. The summed E-state index contributed by atoms with van der Waals surface area (Å²) in [4.78, 5) is 1.40. The van der Waals surface area contributed by atoms with E-state index >= 15 is 0 Å². The molecule has 0 spiro atoms. The third kappa shape index (κ3) is 2.40. The minimum absolute atomic E-state index is 0.310. The Balaban J connectivity index is 1.75. The third-order valence-corrected chi connectivity index (χ3v) is 5.51. The molecule has 18 heavy (non-hydrogen) atoms. The highest BCUT2D eigenvalue weighted by atomic mass is 79.9. The second-order valence-corrected chi connectivity index (χ2v) is 7.00. The van der Waals surface area contributed by atoms with Crippen LogP contribution in [0.1, 0.15) is 28.8 Å². The van der Waals surface area contributed by atoms with E-state index in [1.165, 1.54) is 33.3 Å². The summed E-state index contributed by atoms with van der Waals surface area (Å²) in [5.41, 5.74) is 8.97. The van der Waals surface area contributed by atoms with Crippen LogP contribution in [0, 0.1) is 0 Å². The van der Waals surface area contributed by atoms with Crippen molar-refractivity contribution in [3.63, 3.8) is 0 Å². The molecule has 1 aromatic carbocycles. The Hall–Kier alpha value is -0.640. The van der Waals surface area contributed by atoms with Crippen molar-refractivity contribution in [3.8, 4) is 0 Å². The molecule has 1 aromatic heterocycles. The van der Waals surface area contributed by atoms with Gasteiger partial charge in [0.2, 0.25) is 0 Å². The van der Waals surface area contributed by atoms with Gasteiger partial charge in [-0.15, -0.1) is 11.3 Å². The maximum Gasteiger partial charge on any atom is 0.0285 e. The molecule has 1 aliphatic carbocycles. The number of thiophene rings is 1. The van der Waals surface area contributed by atoms with E-state index in [0.29, 0.717) is 5.41 Å². The fourth-order valence-electron chi connectivity index (χ4n) is 2.39. The fraction of sp³-hybridized carbons (Fsp3) is 0.333. The van der Waals surface area contributed by atoms with Gasteiger partial charge in [0.05, 0.1) is 0 Å². The first-order valence-electron chi connectivity index (χ1n) is 6.24. The summed E-state index contributed by atoms with van der Waals surface area (Å²) in [5, 5.41) is 2.14. The smallest absolute Gasteiger partial charge is 0.0285 e. The zero-order chi connectivity index (χ0) is 12.6. The minimum atomic E-state index is 0.310. The lowest BCUT2D eigenvalue weighted by molar-refractivity contribution is 0.704. The standard InChI is InChI=1S/C15H16BrNS/c16-13-8-14(18-9-13)7-11-1-3-12(4-2-11)15(10-17)5-6-15/h1-4,8-9H,5-7,10,17H2. The fourth-order valence-corrected chi connectivity index (χ4v) is 3.87. The molecule has 0 saturated heterocycles. The number of rotatable bonds is 4. The highest BCUT2D eigenvalue weighted by molar-refractivity contribution is 9.10. The Labute approximate surface area is 120 Å². The van der Waals surface area contributed by atoms with Gasteiger partial charge in [-0.2, -0.15) is 0 Å². The van der Waals surface area contributed by atoms with Crippen molar-refractivity contribution in [1.82, 2.24) is 0 Å². The summed E-state index contributed by atoms with van der Waals surface area (Å²) in [6.07, 6.45) is 3.52. The van der Waals surface area contributed by atoms with Crippen molar-refractivity contribution in [3.05, 3.63) is 56.2 Å². The molecule has 1 nitrogen and oxygen atoms in total. The van der Waals surface area contributed by atoms with Gasteiger partial charge >= 0.3 is 0 Å². The molecular formula is C15H16BrNS. The molecule has 3 rings (SSSR count). The number of hydrogen-bond acceptors (Lipinski definition) is 2. The minimum Gasteiger partial charge on any atom is -0.330 e. The predicted octanol–water partition coefficient (Wildman–Crippen LogP) is 4.09. The van der Waals surface area contributed by atoms with Crippen LogP contribution in [-0.2, 0) is 11.8 Å². The second-order valence-electron chi connectivity index (χ2n) is 5.09. The monoisotopic (exact) mass is 321 g/mol. The molecule has 1 saturated carbocycles. The quantitative estimate of drug-likeness (QED) is 0.901. The molecule has 1 aliphatic rings. The van der Waals surface area contributed by atoms with Crippen LogP contribution in [-0.4, -0.2) is 6.54 Å². The molecule has 2 N–H and O–H groups in total. The van der Waals surface area contributed by atoms with Gasteiger partial charge in [0.25, 0.3) is 0 Å². The van der Waals surface area contributed by atoms with E-state index < -0.39 is 0 Å². The Kier molecular flexibility index (Phi) is 3.31. The topological polar surface area (TPSA) is 26.0 Å². The van der Waals surface area contributed by atoms with Gasteiger partial charge in [-0.25, -0.2) is 0 Å². The highest BCUT2D eigenvalue weighted by Gasteiger charge is 2.42. The van der Waals surface area contributed by atoms with Gasteiger partial charge < -0.3 is 5.73 Å². The van der Waals surface area contributed by atoms with Gasteiger partial charge in [-0.05, 0) is 46.0 Å².